The van der Waals surface area contributed by atoms with Gasteiger partial charge in [-0.1, -0.05) is 13.8 Å². The zero-order valence-electron chi connectivity index (χ0n) is 13.6. The molecule has 23 heavy (non-hydrogen) atoms. The molecule has 0 aliphatic carbocycles. The summed E-state index contributed by atoms with van der Waals surface area (Å²) < 4.78 is 13.0. The van der Waals surface area contributed by atoms with Crippen LogP contribution in [0.1, 0.15) is 24.2 Å². The number of nitrogens with zero attached hydrogens (tertiary/aromatic N) is 2. The van der Waals surface area contributed by atoms with Crippen LogP contribution in [-0.2, 0) is 6.54 Å². The highest BCUT2D eigenvalue weighted by atomic mass is 79.9. The van der Waals surface area contributed by atoms with Gasteiger partial charge < -0.3 is 14.8 Å². The first kappa shape index (κ1) is 17.3. The number of aromatic nitrogens is 2. The van der Waals surface area contributed by atoms with E-state index in [4.69, 9.17) is 9.47 Å². The maximum absolute atomic E-state index is 12.5. The topological polar surface area (TPSA) is 65.4 Å². The molecule has 1 aromatic heterocycles. The lowest BCUT2D eigenvalue weighted by atomic mass is 10.2. The Kier molecular flexibility index (Phi) is 5.65. The smallest absolute Gasteiger partial charge is 0.257 e. The van der Waals surface area contributed by atoms with Crippen LogP contribution in [0.25, 0.3) is 0 Å². The molecule has 2 rings (SSSR count). The molecule has 0 radical (unpaired) electrons. The lowest BCUT2D eigenvalue weighted by Gasteiger charge is -2.13. The number of amides is 1. The second-order valence-electron chi connectivity index (χ2n) is 5.44. The van der Waals surface area contributed by atoms with Crippen molar-refractivity contribution in [3.63, 3.8) is 0 Å². The van der Waals surface area contributed by atoms with Gasteiger partial charge in [0.2, 0.25) is 0 Å². The van der Waals surface area contributed by atoms with Crippen LogP contribution in [0, 0.1) is 5.92 Å². The maximum Gasteiger partial charge on any atom is 0.257 e. The third-order valence-electron chi connectivity index (χ3n) is 3.20. The van der Waals surface area contributed by atoms with Crippen LogP contribution in [0.2, 0.25) is 0 Å². The predicted octanol–water partition coefficient (Wildman–Crippen LogP) is 3.57. The molecular weight excluding hydrogens is 362 g/mol. The van der Waals surface area contributed by atoms with Gasteiger partial charge in [-0.25, -0.2) is 4.68 Å². The van der Waals surface area contributed by atoms with E-state index < -0.39 is 0 Å². The highest BCUT2D eigenvalue weighted by molar-refractivity contribution is 9.10. The number of nitrogens with one attached hydrogen (secondary N) is 1. The molecule has 2 aromatic rings. The zero-order chi connectivity index (χ0) is 17.0. The fraction of sp³-hybridized carbons (Fsp3) is 0.375. The number of halogens is 1. The summed E-state index contributed by atoms with van der Waals surface area (Å²) in [4.78, 5) is 12.5. The Bertz CT molecular complexity index is 673. The third-order valence-corrected chi connectivity index (χ3v) is 3.99. The van der Waals surface area contributed by atoms with Gasteiger partial charge in [0.1, 0.15) is 21.8 Å². The second-order valence-corrected chi connectivity index (χ2v) is 6.23. The van der Waals surface area contributed by atoms with E-state index in [1.807, 2.05) is 0 Å². The number of hydrogen-bond acceptors (Lipinski definition) is 4. The van der Waals surface area contributed by atoms with E-state index in [-0.39, 0.29) is 5.91 Å². The molecular formula is C16H20BrN3O3. The first-order chi connectivity index (χ1) is 11.0. The largest absolute Gasteiger partial charge is 0.495 e. The molecule has 1 amide bonds. The molecule has 124 valence electrons. The Morgan fingerprint density at radius 1 is 1.30 bits per heavy atom. The molecule has 0 bridgehead atoms. The van der Waals surface area contributed by atoms with Crippen LogP contribution in [0.3, 0.4) is 0 Å². The van der Waals surface area contributed by atoms with E-state index in [0.29, 0.717) is 33.3 Å². The van der Waals surface area contributed by atoms with Gasteiger partial charge in [0.15, 0.2) is 0 Å². The van der Waals surface area contributed by atoms with Crippen molar-refractivity contribution in [2.24, 2.45) is 5.92 Å². The van der Waals surface area contributed by atoms with Gasteiger partial charge in [0, 0.05) is 18.2 Å². The quantitative estimate of drug-likeness (QED) is 0.830. The summed E-state index contributed by atoms with van der Waals surface area (Å²) in [5.41, 5.74) is 0.444. The molecule has 1 N–H and O–H groups in total. The van der Waals surface area contributed by atoms with Crippen molar-refractivity contribution in [1.29, 1.82) is 0 Å². The van der Waals surface area contributed by atoms with Gasteiger partial charge in [0.05, 0.1) is 20.4 Å². The number of benzene rings is 1. The molecule has 0 spiro atoms. The Morgan fingerprint density at radius 2 is 1.91 bits per heavy atom. The SMILES string of the molecule is COc1cc(C(=O)Nc2ccnn2CC(C)C)cc(OC)c1Br. The summed E-state index contributed by atoms with van der Waals surface area (Å²) in [5.74, 6) is 1.90. The van der Waals surface area contributed by atoms with Crippen LogP contribution in [0.5, 0.6) is 11.5 Å². The maximum atomic E-state index is 12.5. The van der Waals surface area contributed by atoms with Crippen molar-refractivity contribution in [1.82, 2.24) is 9.78 Å². The molecule has 0 aliphatic heterocycles. The number of carbonyl (C=O) groups excluding carboxylic acids is 1. The van der Waals surface area contributed by atoms with E-state index in [1.54, 1.807) is 43.3 Å². The van der Waals surface area contributed by atoms with Crippen LogP contribution in [-0.4, -0.2) is 29.9 Å². The van der Waals surface area contributed by atoms with Crippen molar-refractivity contribution >= 4 is 27.7 Å². The normalized spacial score (nSPS) is 10.7. The van der Waals surface area contributed by atoms with Crippen molar-refractivity contribution < 1.29 is 14.3 Å². The minimum absolute atomic E-state index is 0.250. The molecule has 7 heteroatoms. The number of anilines is 1. The summed E-state index contributed by atoms with van der Waals surface area (Å²) in [6.07, 6.45) is 1.67. The second kappa shape index (κ2) is 7.50. The molecule has 1 aromatic carbocycles. The summed E-state index contributed by atoms with van der Waals surface area (Å²) in [7, 11) is 3.08. The van der Waals surface area contributed by atoms with Gasteiger partial charge in [-0.2, -0.15) is 5.10 Å². The Balaban J connectivity index is 2.26. The molecule has 1 heterocycles. The van der Waals surface area contributed by atoms with E-state index >= 15 is 0 Å². The summed E-state index contributed by atoms with van der Waals surface area (Å²) in [5, 5.41) is 7.10. The Labute approximate surface area is 143 Å². The van der Waals surface area contributed by atoms with Crippen LogP contribution < -0.4 is 14.8 Å². The van der Waals surface area contributed by atoms with Crippen LogP contribution in [0.15, 0.2) is 28.9 Å². The van der Waals surface area contributed by atoms with Crippen molar-refractivity contribution in [2.75, 3.05) is 19.5 Å². The van der Waals surface area contributed by atoms with E-state index in [1.165, 1.54) is 0 Å². The average Bonchev–Trinajstić information content (AvgIpc) is 2.93. The molecule has 6 nitrogen and oxygen atoms in total. The fourth-order valence-electron chi connectivity index (χ4n) is 2.12. The van der Waals surface area contributed by atoms with E-state index in [0.717, 1.165) is 6.54 Å². The van der Waals surface area contributed by atoms with Crippen LogP contribution >= 0.6 is 15.9 Å². The molecule has 0 fully saturated rings. The van der Waals surface area contributed by atoms with Crippen molar-refractivity contribution in [3.05, 3.63) is 34.4 Å². The number of hydrogen-bond donors (Lipinski definition) is 1. The first-order valence-electron chi connectivity index (χ1n) is 7.21. The standard InChI is InChI=1S/C16H20BrN3O3/c1-10(2)9-20-14(5-6-18-20)19-16(21)11-7-12(22-3)15(17)13(8-11)23-4/h5-8,10H,9H2,1-4H3,(H,19,21). The van der Waals surface area contributed by atoms with Crippen LogP contribution in [0.4, 0.5) is 5.82 Å². The van der Waals surface area contributed by atoms with Gasteiger partial charge in [-0.05, 0) is 34.0 Å². The number of methoxy groups -OCH3 is 2. The fourth-order valence-corrected chi connectivity index (χ4v) is 2.67. The number of rotatable bonds is 6. The van der Waals surface area contributed by atoms with Gasteiger partial charge >= 0.3 is 0 Å². The van der Waals surface area contributed by atoms with Gasteiger partial charge in [0.25, 0.3) is 5.91 Å². The van der Waals surface area contributed by atoms with Gasteiger partial charge in [-0.15, -0.1) is 0 Å². The molecule has 0 saturated carbocycles. The Morgan fingerprint density at radius 3 is 2.43 bits per heavy atom. The summed E-state index contributed by atoms with van der Waals surface area (Å²) >= 11 is 3.39. The third kappa shape index (κ3) is 4.04. The van der Waals surface area contributed by atoms with Crippen molar-refractivity contribution in [2.45, 2.75) is 20.4 Å². The minimum Gasteiger partial charge on any atom is -0.495 e. The molecule has 0 unspecified atom stereocenters. The van der Waals surface area contributed by atoms with Gasteiger partial charge in [-0.3, -0.25) is 4.79 Å². The predicted molar refractivity (Wildman–Crippen MR) is 92.3 cm³/mol. The van der Waals surface area contributed by atoms with E-state index in [9.17, 15) is 4.79 Å². The molecule has 0 atom stereocenters. The number of carbonyl (C=O) groups is 1. The number of ether oxygens (including phenoxy) is 2. The zero-order valence-corrected chi connectivity index (χ0v) is 15.2. The van der Waals surface area contributed by atoms with E-state index in [2.05, 4.69) is 40.2 Å². The summed E-state index contributed by atoms with van der Waals surface area (Å²) in [6, 6.07) is 5.09. The monoisotopic (exact) mass is 381 g/mol. The highest BCUT2D eigenvalue weighted by Gasteiger charge is 2.16. The molecule has 0 aliphatic rings. The minimum atomic E-state index is -0.250. The summed E-state index contributed by atoms with van der Waals surface area (Å²) in [6.45, 7) is 4.92. The average molecular weight is 382 g/mol. The van der Waals surface area contributed by atoms with Crippen molar-refractivity contribution in [3.8, 4) is 11.5 Å². The Hall–Kier alpha value is -2.02. The first-order valence-corrected chi connectivity index (χ1v) is 8.00. The lowest BCUT2D eigenvalue weighted by molar-refractivity contribution is 0.102. The molecule has 0 saturated heterocycles. The highest BCUT2D eigenvalue weighted by Crippen LogP contribution is 2.35. The lowest BCUT2D eigenvalue weighted by Crippen LogP contribution is -2.17.